The van der Waals surface area contributed by atoms with Crippen molar-refractivity contribution in [3.8, 4) is 39.4 Å². The number of halogens is 1. The first-order valence-electron chi connectivity index (χ1n) is 14.5. The number of fused-ring (bicyclic) bond motifs is 3. The maximum absolute atomic E-state index is 15.5. The predicted octanol–water partition coefficient (Wildman–Crippen LogP) is 7.07. The van der Waals surface area contributed by atoms with E-state index < -0.39 is 0 Å². The van der Waals surface area contributed by atoms with Crippen LogP contribution in [0, 0.1) is 19.7 Å². The molecule has 0 saturated carbocycles. The summed E-state index contributed by atoms with van der Waals surface area (Å²) in [5.41, 5.74) is 10.7. The Morgan fingerprint density at radius 1 is 1.07 bits per heavy atom. The number of hydrogen-bond acceptors (Lipinski definition) is 5. The molecule has 2 aromatic carbocycles. The fourth-order valence-electron chi connectivity index (χ4n) is 6.50. The number of carbonyl (C=O) groups is 1. The highest BCUT2D eigenvalue weighted by molar-refractivity contribution is 6.01. The van der Waals surface area contributed by atoms with Gasteiger partial charge in [-0.15, -0.1) is 0 Å². The summed E-state index contributed by atoms with van der Waals surface area (Å²) >= 11 is 0. The van der Waals surface area contributed by atoms with Gasteiger partial charge in [0.2, 0.25) is 0 Å². The number of benzene rings is 2. The third-order valence-corrected chi connectivity index (χ3v) is 8.71. The SMILES string of the molecule is CC(=O)Cc1c(C)nc2c(cc(-c3ccnc(-c4ccc5cnn(C)c5c4)c3)n2C)c1-c1cc(F)c2c(c1C)CCCO2. The second-order valence-corrected chi connectivity index (χ2v) is 11.5. The minimum absolute atomic E-state index is 0.0326. The highest BCUT2D eigenvalue weighted by atomic mass is 19.1. The molecule has 0 unspecified atom stereocenters. The summed E-state index contributed by atoms with van der Waals surface area (Å²) in [6.07, 6.45) is 5.49. The van der Waals surface area contributed by atoms with E-state index in [1.807, 2.05) is 51.1 Å². The van der Waals surface area contributed by atoms with Gasteiger partial charge in [0.25, 0.3) is 0 Å². The molecule has 0 aliphatic carbocycles. The highest BCUT2D eigenvalue weighted by Crippen LogP contribution is 2.43. The molecule has 7 nitrogen and oxygen atoms in total. The number of pyridine rings is 2. The van der Waals surface area contributed by atoms with Crippen LogP contribution in [0.4, 0.5) is 4.39 Å². The smallest absolute Gasteiger partial charge is 0.165 e. The summed E-state index contributed by atoms with van der Waals surface area (Å²) in [6.45, 7) is 6.06. The monoisotopic (exact) mass is 573 g/mol. The highest BCUT2D eigenvalue weighted by Gasteiger charge is 2.26. The van der Waals surface area contributed by atoms with Gasteiger partial charge in [0.15, 0.2) is 11.6 Å². The van der Waals surface area contributed by atoms with Crippen molar-refractivity contribution < 1.29 is 13.9 Å². The quantitative estimate of drug-likeness (QED) is 0.221. The lowest BCUT2D eigenvalue weighted by atomic mass is 9.87. The van der Waals surface area contributed by atoms with Crippen molar-refractivity contribution in [2.45, 2.75) is 40.0 Å². The Kier molecular flexibility index (Phi) is 6.38. The van der Waals surface area contributed by atoms with Crippen LogP contribution in [0.25, 0.3) is 55.6 Å². The van der Waals surface area contributed by atoms with Gasteiger partial charge in [-0.2, -0.15) is 5.10 Å². The zero-order chi connectivity index (χ0) is 30.0. The average Bonchev–Trinajstić information content (AvgIpc) is 3.54. The Labute approximate surface area is 249 Å². The Balaban J connectivity index is 1.45. The minimum Gasteiger partial charge on any atom is -0.490 e. The molecule has 0 spiro atoms. The summed E-state index contributed by atoms with van der Waals surface area (Å²) in [4.78, 5) is 22.1. The summed E-state index contributed by atoms with van der Waals surface area (Å²) in [7, 11) is 3.93. The van der Waals surface area contributed by atoms with Gasteiger partial charge >= 0.3 is 0 Å². The van der Waals surface area contributed by atoms with E-state index in [2.05, 4.69) is 45.0 Å². The van der Waals surface area contributed by atoms with E-state index >= 15 is 4.39 Å². The van der Waals surface area contributed by atoms with Gasteiger partial charge in [-0.05, 0) is 86.2 Å². The molecule has 4 aromatic heterocycles. The van der Waals surface area contributed by atoms with Crippen molar-refractivity contribution in [3.05, 3.63) is 83.1 Å². The Morgan fingerprint density at radius 3 is 2.72 bits per heavy atom. The molecule has 0 saturated heterocycles. The van der Waals surface area contributed by atoms with Gasteiger partial charge < -0.3 is 9.30 Å². The Bertz CT molecular complexity index is 2110. The summed E-state index contributed by atoms with van der Waals surface area (Å²) < 4.78 is 25.2. The van der Waals surface area contributed by atoms with Crippen molar-refractivity contribution >= 4 is 27.7 Å². The van der Waals surface area contributed by atoms with Crippen molar-refractivity contribution in [1.29, 1.82) is 0 Å². The van der Waals surface area contributed by atoms with Crippen molar-refractivity contribution in [2.24, 2.45) is 14.1 Å². The lowest BCUT2D eigenvalue weighted by Crippen LogP contribution is -2.13. The molecule has 6 aromatic rings. The standard InChI is InChI=1S/C35H32FN5O2/c1-19(42)13-27-21(3)39-35-28(33(27)26-16-29(36)34-25(20(26)2)7-6-12-43-34)17-31(40(35)4)23-10-11-37-30(14-23)22-8-9-24-18-38-41(5)32(24)15-22/h8-11,14-18H,6-7,12-13H2,1-5H3. The lowest BCUT2D eigenvalue weighted by Gasteiger charge is -2.23. The zero-order valence-electron chi connectivity index (χ0n) is 25.0. The normalized spacial score (nSPS) is 13.0. The topological polar surface area (TPSA) is 74.8 Å². The second kappa shape index (κ2) is 10.2. The zero-order valence-corrected chi connectivity index (χ0v) is 25.0. The van der Waals surface area contributed by atoms with E-state index in [0.29, 0.717) is 12.4 Å². The lowest BCUT2D eigenvalue weighted by molar-refractivity contribution is -0.116. The van der Waals surface area contributed by atoms with Gasteiger partial charge in [-0.3, -0.25) is 14.5 Å². The average molecular weight is 574 g/mol. The molecule has 8 heteroatoms. The van der Waals surface area contributed by atoms with E-state index in [1.54, 1.807) is 13.0 Å². The van der Waals surface area contributed by atoms with Crippen LogP contribution in [0.15, 0.2) is 54.9 Å². The van der Waals surface area contributed by atoms with Crippen LogP contribution >= 0.6 is 0 Å². The second-order valence-electron chi connectivity index (χ2n) is 11.5. The number of ketones is 1. The first kappa shape index (κ1) is 27.0. The van der Waals surface area contributed by atoms with E-state index in [9.17, 15) is 4.79 Å². The maximum atomic E-state index is 15.5. The van der Waals surface area contributed by atoms with Crippen LogP contribution < -0.4 is 4.74 Å². The number of Topliss-reactive ketones (excluding diaryl/α,β-unsaturated/α-hetero) is 1. The largest absolute Gasteiger partial charge is 0.490 e. The van der Waals surface area contributed by atoms with Crippen LogP contribution in [-0.2, 0) is 31.7 Å². The van der Waals surface area contributed by atoms with Crippen LogP contribution in [0.5, 0.6) is 5.75 Å². The molecule has 1 aliphatic rings. The molecular formula is C35H32FN5O2. The maximum Gasteiger partial charge on any atom is 0.165 e. The summed E-state index contributed by atoms with van der Waals surface area (Å²) in [6, 6.07) is 14.0. The molecule has 0 amide bonds. The summed E-state index contributed by atoms with van der Waals surface area (Å²) in [5, 5.41) is 6.32. The van der Waals surface area contributed by atoms with Gasteiger partial charge in [0.05, 0.1) is 29.7 Å². The van der Waals surface area contributed by atoms with E-state index in [1.165, 1.54) is 0 Å². The predicted molar refractivity (Wildman–Crippen MR) is 167 cm³/mol. The molecule has 5 heterocycles. The number of rotatable bonds is 5. The molecule has 7 rings (SSSR count). The molecule has 0 atom stereocenters. The molecule has 0 N–H and O–H groups in total. The molecular weight excluding hydrogens is 541 g/mol. The molecule has 43 heavy (non-hydrogen) atoms. The Morgan fingerprint density at radius 2 is 1.91 bits per heavy atom. The molecule has 0 radical (unpaired) electrons. The molecule has 1 aliphatic heterocycles. The van der Waals surface area contributed by atoms with Crippen LogP contribution in [0.3, 0.4) is 0 Å². The number of ether oxygens (including phenoxy) is 1. The first-order valence-corrected chi connectivity index (χ1v) is 14.5. The van der Waals surface area contributed by atoms with E-state index in [-0.39, 0.29) is 18.0 Å². The van der Waals surface area contributed by atoms with E-state index in [4.69, 9.17) is 9.72 Å². The fourth-order valence-corrected chi connectivity index (χ4v) is 6.50. The van der Waals surface area contributed by atoms with Crippen molar-refractivity contribution in [3.63, 3.8) is 0 Å². The van der Waals surface area contributed by atoms with E-state index in [0.717, 1.165) is 90.8 Å². The number of aromatic nitrogens is 5. The van der Waals surface area contributed by atoms with Gasteiger partial charge in [-0.25, -0.2) is 9.37 Å². The van der Waals surface area contributed by atoms with Gasteiger partial charge in [0.1, 0.15) is 11.4 Å². The molecule has 0 bridgehead atoms. The fraction of sp³-hybridized carbons (Fsp3) is 0.257. The van der Waals surface area contributed by atoms with Crippen LogP contribution in [0.1, 0.15) is 35.7 Å². The third-order valence-electron chi connectivity index (χ3n) is 8.71. The molecule has 216 valence electrons. The Hall–Kier alpha value is -4.85. The van der Waals surface area contributed by atoms with Crippen molar-refractivity contribution in [1.82, 2.24) is 24.3 Å². The van der Waals surface area contributed by atoms with Gasteiger partial charge in [-0.1, -0.05) is 12.1 Å². The number of carbonyl (C=O) groups excluding carboxylic acids is 1. The first-order chi connectivity index (χ1) is 20.7. The third kappa shape index (κ3) is 4.40. The van der Waals surface area contributed by atoms with Gasteiger partial charge in [0, 0.05) is 59.9 Å². The minimum atomic E-state index is -0.369. The van der Waals surface area contributed by atoms with Crippen LogP contribution in [0.2, 0.25) is 0 Å². The number of aryl methyl sites for hydroxylation is 3. The number of hydrogen-bond donors (Lipinski definition) is 0. The number of nitrogens with zero attached hydrogens (tertiary/aromatic N) is 5. The van der Waals surface area contributed by atoms with Crippen LogP contribution in [-0.4, -0.2) is 36.7 Å². The summed E-state index contributed by atoms with van der Waals surface area (Å²) in [5.74, 6) is 0.0160. The van der Waals surface area contributed by atoms with Crippen molar-refractivity contribution in [2.75, 3.05) is 6.61 Å². The molecule has 0 fully saturated rings.